The Kier molecular flexibility index (Phi) is 4.98. The van der Waals surface area contributed by atoms with Crippen molar-refractivity contribution in [2.24, 2.45) is 0 Å². The van der Waals surface area contributed by atoms with Crippen molar-refractivity contribution in [1.82, 2.24) is 4.98 Å². The Morgan fingerprint density at radius 2 is 2.07 bits per heavy atom. The lowest BCUT2D eigenvalue weighted by Gasteiger charge is -2.32. The molecule has 0 saturated heterocycles. The van der Waals surface area contributed by atoms with Gasteiger partial charge in [-0.2, -0.15) is 0 Å². The van der Waals surface area contributed by atoms with Crippen LogP contribution < -0.4 is 4.90 Å². The number of thioether (sulfide) groups is 1. The summed E-state index contributed by atoms with van der Waals surface area (Å²) >= 11 is 8.26. The highest BCUT2D eigenvalue weighted by atomic mass is 35.5. The molecule has 1 atom stereocenters. The zero-order chi connectivity index (χ0) is 20.0. The molecular weight excluding hydrogens is 430 g/mol. The zero-order valence-corrected chi connectivity index (χ0v) is 16.4. The third-order valence-electron chi connectivity index (χ3n) is 4.13. The standard InChI is InChI=1S/C18H11ClF2N2O3S2/c19-8-1-2-13-12(3-8)23(18(26)14(27-13)6-16(24)25)7-15-22-11-5-9(20)4-10(21)17(11)28-15/h1-5,14H,6-7H2,(H,24,25). The minimum Gasteiger partial charge on any atom is -0.481 e. The summed E-state index contributed by atoms with van der Waals surface area (Å²) in [4.78, 5) is 30.4. The highest BCUT2D eigenvalue weighted by molar-refractivity contribution is 8.01. The van der Waals surface area contributed by atoms with Gasteiger partial charge in [0.25, 0.3) is 0 Å². The van der Waals surface area contributed by atoms with Crippen LogP contribution in [0, 0.1) is 11.6 Å². The Hall–Kier alpha value is -2.23. The molecular formula is C18H11ClF2N2O3S2. The number of aliphatic carboxylic acids is 1. The number of anilines is 1. The lowest BCUT2D eigenvalue weighted by atomic mass is 10.2. The summed E-state index contributed by atoms with van der Waals surface area (Å²) in [7, 11) is 0. The number of rotatable bonds is 4. The molecule has 1 amide bonds. The Balaban J connectivity index is 1.74. The predicted molar refractivity (Wildman–Crippen MR) is 104 cm³/mol. The molecule has 2 heterocycles. The van der Waals surface area contributed by atoms with Gasteiger partial charge in [0.15, 0.2) is 0 Å². The normalized spacial score (nSPS) is 16.5. The smallest absolute Gasteiger partial charge is 0.305 e. The van der Waals surface area contributed by atoms with Gasteiger partial charge in [-0.25, -0.2) is 13.8 Å². The summed E-state index contributed by atoms with van der Waals surface area (Å²) in [6.07, 6.45) is -0.332. The van der Waals surface area contributed by atoms with E-state index < -0.39 is 28.8 Å². The number of hydrogen-bond donors (Lipinski definition) is 1. The molecule has 10 heteroatoms. The van der Waals surface area contributed by atoms with Crippen molar-refractivity contribution in [2.45, 2.75) is 23.1 Å². The van der Waals surface area contributed by atoms with E-state index >= 15 is 0 Å². The first-order valence-electron chi connectivity index (χ1n) is 8.05. The lowest BCUT2D eigenvalue weighted by molar-refractivity contribution is -0.138. The average molecular weight is 441 g/mol. The Morgan fingerprint density at radius 1 is 1.29 bits per heavy atom. The minimum atomic E-state index is -1.08. The van der Waals surface area contributed by atoms with E-state index in [0.717, 1.165) is 23.5 Å². The number of carboxylic acids is 1. The number of carbonyl (C=O) groups is 2. The van der Waals surface area contributed by atoms with E-state index in [9.17, 15) is 18.4 Å². The predicted octanol–water partition coefficient (Wildman–Crippen LogP) is 4.71. The van der Waals surface area contributed by atoms with Gasteiger partial charge in [-0.1, -0.05) is 11.6 Å². The molecule has 0 spiro atoms. The second-order valence-corrected chi connectivity index (χ2v) is 8.85. The van der Waals surface area contributed by atoms with Gasteiger partial charge >= 0.3 is 5.97 Å². The van der Waals surface area contributed by atoms with Gasteiger partial charge in [-0.05, 0) is 18.2 Å². The van der Waals surface area contributed by atoms with E-state index in [-0.39, 0.29) is 23.2 Å². The van der Waals surface area contributed by atoms with Gasteiger partial charge in [0.2, 0.25) is 5.91 Å². The molecule has 0 fully saturated rings. The van der Waals surface area contributed by atoms with E-state index in [1.54, 1.807) is 18.2 Å². The maximum atomic E-state index is 14.0. The van der Waals surface area contributed by atoms with E-state index in [1.807, 2.05) is 0 Å². The number of nitrogens with zero attached hydrogens (tertiary/aromatic N) is 2. The first kappa shape index (κ1) is 19.1. The van der Waals surface area contributed by atoms with E-state index in [2.05, 4.69) is 4.98 Å². The van der Waals surface area contributed by atoms with Crippen LogP contribution >= 0.6 is 34.7 Å². The molecule has 1 aromatic heterocycles. The van der Waals surface area contributed by atoms with Gasteiger partial charge in [-0.15, -0.1) is 23.1 Å². The second-order valence-electron chi connectivity index (χ2n) is 6.08. The van der Waals surface area contributed by atoms with Crippen molar-refractivity contribution in [3.63, 3.8) is 0 Å². The quantitative estimate of drug-likeness (QED) is 0.636. The van der Waals surface area contributed by atoms with Gasteiger partial charge in [-0.3, -0.25) is 9.59 Å². The van der Waals surface area contributed by atoms with Crippen LogP contribution in [0.25, 0.3) is 10.2 Å². The minimum absolute atomic E-state index is 0.00323. The summed E-state index contributed by atoms with van der Waals surface area (Å²) < 4.78 is 27.6. The third kappa shape index (κ3) is 3.57. The molecule has 0 saturated carbocycles. The van der Waals surface area contributed by atoms with Crippen LogP contribution in [0.5, 0.6) is 0 Å². The molecule has 0 radical (unpaired) electrons. The summed E-state index contributed by atoms with van der Waals surface area (Å²) in [5.41, 5.74) is 0.708. The molecule has 2 aromatic carbocycles. The van der Waals surface area contributed by atoms with Crippen LogP contribution in [0.1, 0.15) is 11.4 Å². The summed E-state index contributed by atoms with van der Waals surface area (Å²) in [5.74, 6) is -2.92. The molecule has 3 aromatic rings. The largest absolute Gasteiger partial charge is 0.481 e. The number of fused-ring (bicyclic) bond motifs is 2. The van der Waals surface area contributed by atoms with Crippen LogP contribution in [0.2, 0.25) is 5.02 Å². The second kappa shape index (κ2) is 7.31. The van der Waals surface area contributed by atoms with Gasteiger partial charge in [0.1, 0.15) is 16.6 Å². The molecule has 1 aliphatic heterocycles. The maximum absolute atomic E-state index is 14.0. The number of hydrogen-bond acceptors (Lipinski definition) is 5. The summed E-state index contributed by atoms with van der Waals surface area (Å²) in [6.45, 7) is 0.00323. The first-order valence-corrected chi connectivity index (χ1v) is 10.1. The van der Waals surface area contributed by atoms with Crippen LogP contribution in [-0.4, -0.2) is 27.2 Å². The molecule has 1 aliphatic rings. The number of aromatic nitrogens is 1. The van der Waals surface area contributed by atoms with E-state index in [4.69, 9.17) is 16.7 Å². The number of carboxylic acid groups (broad SMARTS) is 1. The maximum Gasteiger partial charge on any atom is 0.305 e. The fourth-order valence-electron chi connectivity index (χ4n) is 2.96. The summed E-state index contributed by atoms with van der Waals surface area (Å²) in [5, 5.41) is 9.14. The SMILES string of the molecule is O=C(O)CC1Sc2ccc(Cl)cc2N(Cc2nc3cc(F)cc(F)c3s2)C1=O. The first-order chi connectivity index (χ1) is 13.3. The highest BCUT2D eigenvalue weighted by Crippen LogP contribution is 2.42. The number of carbonyl (C=O) groups excluding carboxylic acids is 1. The fraction of sp³-hybridized carbons (Fsp3) is 0.167. The number of benzene rings is 2. The van der Waals surface area contributed by atoms with Gasteiger partial charge in [0.05, 0.1) is 34.1 Å². The van der Waals surface area contributed by atoms with Gasteiger partial charge in [0, 0.05) is 22.1 Å². The Morgan fingerprint density at radius 3 is 2.82 bits per heavy atom. The van der Waals surface area contributed by atoms with Crippen molar-refractivity contribution in [3.05, 3.63) is 52.0 Å². The molecule has 4 rings (SSSR count). The van der Waals surface area contributed by atoms with Crippen molar-refractivity contribution in [2.75, 3.05) is 4.90 Å². The molecule has 1 N–H and O–H groups in total. The van der Waals surface area contributed by atoms with Crippen molar-refractivity contribution >= 4 is 62.5 Å². The van der Waals surface area contributed by atoms with Gasteiger partial charge < -0.3 is 10.0 Å². The molecule has 1 unspecified atom stereocenters. The molecule has 28 heavy (non-hydrogen) atoms. The van der Waals surface area contributed by atoms with Crippen LogP contribution in [-0.2, 0) is 16.1 Å². The number of amides is 1. The fourth-order valence-corrected chi connectivity index (χ4v) is 5.26. The monoisotopic (exact) mass is 440 g/mol. The van der Waals surface area contributed by atoms with Crippen LogP contribution in [0.15, 0.2) is 35.2 Å². The molecule has 5 nitrogen and oxygen atoms in total. The topological polar surface area (TPSA) is 70.5 Å². The highest BCUT2D eigenvalue weighted by Gasteiger charge is 2.35. The summed E-state index contributed by atoms with van der Waals surface area (Å²) in [6, 6.07) is 6.92. The lowest BCUT2D eigenvalue weighted by Crippen LogP contribution is -2.41. The molecule has 0 bridgehead atoms. The number of thiazole rings is 1. The van der Waals surface area contributed by atoms with Crippen molar-refractivity contribution in [3.8, 4) is 0 Å². The van der Waals surface area contributed by atoms with E-state index in [1.165, 1.54) is 16.7 Å². The van der Waals surface area contributed by atoms with Crippen LogP contribution in [0.3, 0.4) is 0 Å². The average Bonchev–Trinajstić information content (AvgIpc) is 3.01. The van der Waals surface area contributed by atoms with Crippen LogP contribution in [0.4, 0.5) is 14.5 Å². The Bertz CT molecular complexity index is 1120. The number of halogens is 3. The van der Waals surface area contributed by atoms with E-state index in [0.29, 0.717) is 20.6 Å². The van der Waals surface area contributed by atoms with Crippen molar-refractivity contribution < 1.29 is 23.5 Å². The Labute approximate surface area is 170 Å². The zero-order valence-electron chi connectivity index (χ0n) is 14.0. The molecule has 144 valence electrons. The third-order valence-corrected chi connectivity index (χ3v) is 6.68. The molecule has 0 aliphatic carbocycles. The van der Waals surface area contributed by atoms with Crippen molar-refractivity contribution in [1.29, 1.82) is 0 Å².